The van der Waals surface area contributed by atoms with Gasteiger partial charge in [-0.05, 0) is 50.7 Å². The van der Waals surface area contributed by atoms with Crippen LogP contribution in [-0.2, 0) is 0 Å². The first-order valence-corrected chi connectivity index (χ1v) is 7.74. The molecule has 2 atom stereocenters. The van der Waals surface area contributed by atoms with Gasteiger partial charge in [0, 0.05) is 17.4 Å². The Bertz CT molecular complexity index is 518. The van der Waals surface area contributed by atoms with Crippen LogP contribution in [0.3, 0.4) is 0 Å². The van der Waals surface area contributed by atoms with Crippen molar-refractivity contribution in [2.75, 3.05) is 0 Å². The fourth-order valence-electron chi connectivity index (χ4n) is 2.70. The highest BCUT2D eigenvalue weighted by molar-refractivity contribution is 5.27. The minimum Gasteiger partial charge on any atom is -0.402 e. The van der Waals surface area contributed by atoms with Gasteiger partial charge in [0.1, 0.15) is 0 Å². The molecule has 21 heavy (non-hydrogen) atoms. The number of nitrogens with two attached hydrogens (primary N) is 1. The average molecular weight is 282 g/mol. The van der Waals surface area contributed by atoms with Gasteiger partial charge >= 0.3 is 0 Å². The van der Waals surface area contributed by atoms with Crippen LogP contribution in [-0.4, -0.2) is 6.04 Å². The van der Waals surface area contributed by atoms with E-state index in [0.717, 1.165) is 37.1 Å². The highest BCUT2D eigenvalue weighted by atomic mass is 14.9. The van der Waals surface area contributed by atoms with Gasteiger partial charge in [0.15, 0.2) is 0 Å². The van der Waals surface area contributed by atoms with E-state index in [1.54, 1.807) is 0 Å². The summed E-state index contributed by atoms with van der Waals surface area (Å²) in [4.78, 5) is 0. The maximum absolute atomic E-state index is 5.84. The van der Waals surface area contributed by atoms with Crippen LogP contribution >= 0.6 is 0 Å². The molecule has 2 aliphatic rings. The Kier molecular flexibility index (Phi) is 5.68. The molecule has 3 N–H and O–H groups in total. The molecule has 2 unspecified atom stereocenters. The monoisotopic (exact) mass is 282 g/mol. The summed E-state index contributed by atoms with van der Waals surface area (Å²) in [6.45, 7) is 6.11. The van der Waals surface area contributed by atoms with Crippen molar-refractivity contribution in [3.05, 3.63) is 72.2 Å². The number of allylic oxidation sites excluding steroid dienone is 8. The number of rotatable bonds is 5. The lowest BCUT2D eigenvalue weighted by molar-refractivity contribution is 0.536. The second-order valence-electron chi connectivity index (χ2n) is 5.79. The predicted octanol–water partition coefficient (Wildman–Crippen LogP) is 4.12. The van der Waals surface area contributed by atoms with Gasteiger partial charge in [-0.2, -0.15) is 0 Å². The van der Waals surface area contributed by atoms with Crippen molar-refractivity contribution >= 4 is 0 Å². The summed E-state index contributed by atoms with van der Waals surface area (Å²) in [5, 5.41) is 3.50. The van der Waals surface area contributed by atoms with Crippen molar-refractivity contribution in [1.82, 2.24) is 5.32 Å². The van der Waals surface area contributed by atoms with Crippen LogP contribution in [0.25, 0.3) is 0 Å². The van der Waals surface area contributed by atoms with Gasteiger partial charge < -0.3 is 11.1 Å². The Morgan fingerprint density at radius 1 is 1.33 bits per heavy atom. The Morgan fingerprint density at radius 3 is 2.81 bits per heavy atom. The standard InChI is InChI=1S/C19H26N2/c1-3-18(21-19-7-5-4-6-8-19)14-9-15(2)16-10-12-17(20)13-11-16/h3-7,9,12,14,16,19,21H,1,8,10-11,13,20H2,2H3/b15-9+,18-14+. The predicted molar refractivity (Wildman–Crippen MR) is 91.5 cm³/mol. The largest absolute Gasteiger partial charge is 0.402 e. The Balaban J connectivity index is 1.95. The summed E-state index contributed by atoms with van der Waals surface area (Å²) in [5.41, 5.74) is 9.37. The molecule has 112 valence electrons. The molecular formula is C19H26N2. The molecule has 0 radical (unpaired) electrons. The lowest BCUT2D eigenvalue weighted by Gasteiger charge is -2.21. The lowest BCUT2D eigenvalue weighted by atomic mass is 9.87. The topological polar surface area (TPSA) is 38.0 Å². The third-order valence-electron chi connectivity index (χ3n) is 4.17. The summed E-state index contributed by atoms with van der Waals surface area (Å²) < 4.78 is 0. The molecular weight excluding hydrogens is 256 g/mol. The fraction of sp³-hybridized carbons (Fsp3) is 0.368. The van der Waals surface area contributed by atoms with Gasteiger partial charge in [-0.3, -0.25) is 0 Å². The summed E-state index contributed by atoms with van der Waals surface area (Å²) >= 11 is 0. The third-order valence-corrected chi connectivity index (χ3v) is 4.17. The van der Waals surface area contributed by atoms with Crippen LogP contribution in [0.2, 0.25) is 0 Å². The molecule has 0 aromatic carbocycles. The van der Waals surface area contributed by atoms with E-state index >= 15 is 0 Å². The quantitative estimate of drug-likeness (QED) is 0.744. The van der Waals surface area contributed by atoms with Gasteiger partial charge in [0.25, 0.3) is 0 Å². The van der Waals surface area contributed by atoms with Crippen molar-refractivity contribution in [3.8, 4) is 0 Å². The van der Waals surface area contributed by atoms with Crippen molar-refractivity contribution in [2.24, 2.45) is 11.7 Å². The van der Waals surface area contributed by atoms with Gasteiger partial charge in [-0.15, -0.1) is 0 Å². The van der Waals surface area contributed by atoms with Crippen molar-refractivity contribution in [3.63, 3.8) is 0 Å². The van der Waals surface area contributed by atoms with E-state index in [1.165, 1.54) is 5.57 Å². The summed E-state index contributed by atoms with van der Waals surface area (Å²) in [6.07, 6.45) is 21.2. The summed E-state index contributed by atoms with van der Waals surface area (Å²) in [5.74, 6) is 0.622. The lowest BCUT2D eigenvalue weighted by Crippen LogP contribution is -2.25. The summed E-state index contributed by atoms with van der Waals surface area (Å²) in [6, 6.07) is 0.366. The SMILES string of the molecule is C=C/C(=C\C=C(/C)C1CC=C(N)CC1)NC1C=CC=CC1. The highest BCUT2D eigenvalue weighted by Gasteiger charge is 2.14. The van der Waals surface area contributed by atoms with Gasteiger partial charge in [-0.25, -0.2) is 0 Å². The second-order valence-corrected chi connectivity index (χ2v) is 5.79. The molecule has 0 heterocycles. The third kappa shape index (κ3) is 4.82. The minimum absolute atomic E-state index is 0.366. The highest BCUT2D eigenvalue weighted by Crippen LogP contribution is 2.27. The zero-order chi connectivity index (χ0) is 15.1. The van der Waals surface area contributed by atoms with E-state index < -0.39 is 0 Å². The average Bonchev–Trinajstić information content (AvgIpc) is 2.52. The minimum atomic E-state index is 0.366. The number of nitrogens with one attached hydrogen (secondary N) is 1. The van der Waals surface area contributed by atoms with Gasteiger partial charge in [-0.1, -0.05) is 48.6 Å². The molecule has 2 nitrogen and oxygen atoms in total. The van der Waals surface area contributed by atoms with E-state index in [0.29, 0.717) is 12.0 Å². The van der Waals surface area contributed by atoms with Crippen LogP contribution in [0.15, 0.2) is 72.2 Å². The van der Waals surface area contributed by atoms with E-state index in [4.69, 9.17) is 5.73 Å². The van der Waals surface area contributed by atoms with Crippen LogP contribution in [0.5, 0.6) is 0 Å². The molecule has 2 aliphatic carbocycles. The van der Waals surface area contributed by atoms with Crippen molar-refractivity contribution in [1.29, 1.82) is 0 Å². The second kappa shape index (κ2) is 7.72. The van der Waals surface area contributed by atoms with E-state index in [1.807, 2.05) is 6.08 Å². The van der Waals surface area contributed by atoms with Gasteiger partial charge in [0.05, 0.1) is 0 Å². The Labute approximate surface area is 128 Å². The molecule has 0 saturated carbocycles. The first kappa shape index (κ1) is 15.4. The zero-order valence-electron chi connectivity index (χ0n) is 12.9. The Morgan fingerprint density at radius 2 is 2.19 bits per heavy atom. The molecule has 0 spiro atoms. The molecule has 0 bridgehead atoms. The fourth-order valence-corrected chi connectivity index (χ4v) is 2.70. The molecule has 0 saturated heterocycles. The maximum Gasteiger partial charge on any atom is 0.0482 e. The number of hydrogen-bond donors (Lipinski definition) is 2. The molecule has 0 amide bonds. The molecule has 0 aliphatic heterocycles. The maximum atomic E-state index is 5.84. The van der Waals surface area contributed by atoms with Crippen LogP contribution in [0, 0.1) is 5.92 Å². The Hall–Kier alpha value is -1.96. The zero-order valence-corrected chi connectivity index (χ0v) is 12.9. The molecule has 2 heteroatoms. The van der Waals surface area contributed by atoms with Gasteiger partial charge in [0.2, 0.25) is 0 Å². The summed E-state index contributed by atoms with van der Waals surface area (Å²) in [7, 11) is 0. The van der Waals surface area contributed by atoms with E-state index in [9.17, 15) is 0 Å². The van der Waals surface area contributed by atoms with Crippen molar-refractivity contribution < 1.29 is 0 Å². The first-order chi connectivity index (χ1) is 10.2. The molecule has 0 fully saturated rings. The van der Waals surface area contributed by atoms with E-state index in [2.05, 4.69) is 61.4 Å². The number of hydrogen-bond acceptors (Lipinski definition) is 2. The van der Waals surface area contributed by atoms with Crippen molar-refractivity contribution in [2.45, 2.75) is 38.6 Å². The van der Waals surface area contributed by atoms with E-state index in [-0.39, 0.29) is 0 Å². The molecule has 0 aromatic heterocycles. The molecule has 2 rings (SSSR count). The first-order valence-electron chi connectivity index (χ1n) is 7.74. The van der Waals surface area contributed by atoms with Crippen LogP contribution in [0.1, 0.15) is 32.6 Å². The van der Waals surface area contributed by atoms with Crippen LogP contribution < -0.4 is 11.1 Å². The van der Waals surface area contributed by atoms with Crippen LogP contribution in [0.4, 0.5) is 0 Å². The normalized spacial score (nSPS) is 26.4. The smallest absolute Gasteiger partial charge is 0.0482 e. The molecule has 0 aromatic rings.